The van der Waals surface area contributed by atoms with Gasteiger partial charge < -0.3 is 4.90 Å². The molecule has 0 radical (unpaired) electrons. The fourth-order valence-corrected chi connectivity index (χ4v) is 4.71. The minimum atomic E-state index is -0.340. The van der Waals surface area contributed by atoms with Gasteiger partial charge in [0.25, 0.3) is 0 Å². The molecule has 0 unspecified atom stereocenters. The first-order valence-electron chi connectivity index (χ1n) is 8.56. The molecule has 2 amide bonds. The van der Waals surface area contributed by atoms with Crippen LogP contribution in [0, 0.1) is 5.92 Å². The lowest BCUT2D eigenvalue weighted by Crippen LogP contribution is -2.45. The normalized spacial score (nSPS) is 27.9. The van der Waals surface area contributed by atoms with Gasteiger partial charge in [-0.2, -0.15) is 0 Å². The highest BCUT2D eigenvalue weighted by atomic mass is 16.2. The van der Waals surface area contributed by atoms with E-state index in [1.165, 1.54) is 4.90 Å². The summed E-state index contributed by atoms with van der Waals surface area (Å²) in [5, 5.41) is 0. The van der Waals surface area contributed by atoms with Gasteiger partial charge in [-0.1, -0.05) is 36.4 Å². The van der Waals surface area contributed by atoms with Crippen LogP contribution in [-0.4, -0.2) is 24.4 Å². The minimum absolute atomic E-state index is 0.0393. The minimum Gasteiger partial charge on any atom is -0.367 e. The number of rotatable bonds is 1. The highest BCUT2D eigenvalue weighted by Gasteiger charge is 2.57. The number of amides is 2. The van der Waals surface area contributed by atoms with Crippen LogP contribution in [0.4, 0.5) is 11.4 Å². The number of nitrogens with zero attached hydrogens (tertiary/aromatic N) is 2. The van der Waals surface area contributed by atoms with Gasteiger partial charge in [0.1, 0.15) is 0 Å². The Kier molecular flexibility index (Phi) is 2.84. The second kappa shape index (κ2) is 4.94. The van der Waals surface area contributed by atoms with Crippen LogP contribution >= 0.6 is 0 Å². The maximum atomic E-state index is 13.2. The number of hydrogen-bond acceptors (Lipinski definition) is 3. The third-order valence-corrected chi connectivity index (χ3v) is 5.66. The Hall–Kier alpha value is -2.62. The van der Waals surface area contributed by atoms with E-state index in [0.29, 0.717) is 5.69 Å². The first kappa shape index (κ1) is 13.8. The molecular weight excluding hydrogens is 300 g/mol. The Bertz CT molecular complexity index is 833. The number of carbonyl (C=O) groups is 2. The van der Waals surface area contributed by atoms with Crippen LogP contribution < -0.4 is 9.80 Å². The highest BCUT2D eigenvalue weighted by molar-refractivity contribution is 6.24. The van der Waals surface area contributed by atoms with Crippen molar-refractivity contribution in [3.8, 4) is 0 Å². The zero-order valence-corrected chi connectivity index (χ0v) is 13.3. The third kappa shape index (κ3) is 1.68. The van der Waals surface area contributed by atoms with E-state index >= 15 is 0 Å². The summed E-state index contributed by atoms with van der Waals surface area (Å²) in [7, 11) is 0. The van der Waals surface area contributed by atoms with E-state index in [0.717, 1.165) is 30.6 Å². The number of para-hydroxylation sites is 2. The van der Waals surface area contributed by atoms with Gasteiger partial charge in [-0.05, 0) is 36.6 Å². The second-order valence-corrected chi connectivity index (χ2v) is 6.81. The SMILES string of the molecule is O=C1[C@H]2[C@@H](C(=O)N1c1ccccc1)c1ccccc1N1CCC[C@@H]21. The standard InChI is InChI=1S/C20H18N2O2/c23-19-17-14-9-4-5-10-15(14)21-12-6-11-16(21)18(17)20(24)22(19)13-7-2-1-3-8-13/h1-5,7-10,16-18H,6,11-12H2/t16-,17-,18+/m0/s1. The van der Waals surface area contributed by atoms with E-state index in [1.807, 2.05) is 48.5 Å². The molecule has 5 rings (SSSR count). The average Bonchev–Trinajstić information content (AvgIpc) is 3.19. The third-order valence-electron chi connectivity index (χ3n) is 5.66. The Morgan fingerprint density at radius 2 is 1.62 bits per heavy atom. The first-order chi connectivity index (χ1) is 11.8. The molecule has 3 atom stereocenters. The molecule has 2 aromatic rings. The van der Waals surface area contributed by atoms with E-state index in [9.17, 15) is 9.59 Å². The predicted molar refractivity (Wildman–Crippen MR) is 92.0 cm³/mol. The Balaban J connectivity index is 1.67. The summed E-state index contributed by atoms with van der Waals surface area (Å²) in [5.74, 6) is -0.707. The zero-order chi connectivity index (χ0) is 16.3. The molecule has 2 fully saturated rings. The molecular formula is C20H18N2O2. The van der Waals surface area contributed by atoms with Gasteiger partial charge in [-0.15, -0.1) is 0 Å². The van der Waals surface area contributed by atoms with Crippen LogP contribution in [0.1, 0.15) is 24.3 Å². The maximum absolute atomic E-state index is 13.2. The first-order valence-corrected chi connectivity index (χ1v) is 8.56. The van der Waals surface area contributed by atoms with Crippen LogP contribution in [0.15, 0.2) is 54.6 Å². The van der Waals surface area contributed by atoms with Crippen molar-refractivity contribution in [2.75, 3.05) is 16.3 Å². The van der Waals surface area contributed by atoms with Crippen LogP contribution in [0.25, 0.3) is 0 Å². The van der Waals surface area contributed by atoms with Crippen LogP contribution in [0.2, 0.25) is 0 Å². The van der Waals surface area contributed by atoms with Gasteiger partial charge in [-0.25, -0.2) is 4.90 Å². The summed E-state index contributed by atoms with van der Waals surface area (Å²) in [5.41, 5.74) is 2.83. The topological polar surface area (TPSA) is 40.6 Å². The molecule has 4 nitrogen and oxygen atoms in total. The van der Waals surface area contributed by atoms with Crippen molar-refractivity contribution in [1.29, 1.82) is 0 Å². The van der Waals surface area contributed by atoms with Crippen LogP contribution in [0.3, 0.4) is 0 Å². The molecule has 2 saturated heterocycles. The highest BCUT2D eigenvalue weighted by Crippen LogP contribution is 2.50. The van der Waals surface area contributed by atoms with Gasteiger partial charge in [0.05, 0.1) is 17.5 Å². The van der Waals surface area contributed by atoms with Gasteiger partial charge in [0.2, 0.25) is 11.8 Å². The fourth-order valence-electron chi connectivity index (χ4n) is 4.71. The van der Waals surface area contributed by atoms with Crippen LogP contribution in [0.5, 0.6) is 0 Å². The summed E-state index contributed by atoms with van der Waals surface area (Å²) >= 11 is 0. The Morgan fingerprint density at radius 3 is 2.46 bits per heavy atom. The molecule has 3 aliphatic rings. The molecule has 4 heteroatoms. The fraction of sp³-hybridized carbons (Fsp3) is 0.300. The average molecular weight is 318 g/mol. The number of hydrogen-bond donors (Lipinski definition) is 0. The molecule has 0 spiro atoms. The monoisotopic (exact) mass is 318 g/mol. The molecule has 24 heavy (non-hydrogen) atoms. The van der Waals surface area contributed by atoms with Crippen molar-refractivity contribution in [1.82, 2.24) is 0 Å². The lowest BCUT2D eigenvalue weighted by Gasteiger charge is -2.39. The van der Waals surface area contributed by atoms with Crippen molar-refractivity contribution in [3.63, 3.8) is 0 Å². The van der Waals surface area contributed by atoms with Crippen molar-refractivity contribution in [2.45, 2.75) is 24.8 Å². The van der Waals surface area contributed by atoms with Gasteiger partial charge in [0.15, 0.2) is 0 Å². The molecule has 3 heterocycles. The van der Waals surface area contributed by atoms with E-state index in [4.69, 9.17) is 0 Å². The smallest absolute Gasteiger partial charge is 0.242 e. The maximum Gasteiger partial charge on any atom is 0.242 e. The number of carbonyl (C=O) groups excluding carboxylic acids is 2. The van der Waals surface area contributed by atoms with Gasteiger partial charge in [-0.3, -0.25) is 9.59 Å². The summed E-state index contributed by atoms with van der Waals surface area (Å²) < 4.78 is 0. The summed E-state index contributed by atoms with van der Waals surface area (Å²) in [4.78, 5) is 30.1. The van der Waals surface area contributed by atoms with Crippen molar-refractivity contribution < 1.29 is 9.59 Å². The van der Waals surface area contributed by atoms with Gasteiger partial charge in [0, 0.05) is 18.3 Å². The molecule has 0 bridgehead atoms. The van der Waals surface area contributed by atoms with Crippen molar-refractivity contribution in [3.05, 3.63) is 60.2 Å². The molecule has 0 aromatic heterocycles. The largest absolute Gasteiger partial charge is 0.367 e. The van der Waals surface area contributed by atoms with Crippen molar-refractivity contribution in [2.24, 2.45) is 5.92 Å². The molecule has 0 N–H and O–H groups in total. The zero-order valence-electron chi connectivity index (χ0n) is 13.3. The van der Waals surface area contributed by atoms with E-state index < -0.39 is 0 Å². The second-order valence-electron chi connectivity index (χ2n) is 6.81. The van der Waals surface area contributed by atoms with E-state index in [2.05, 4.69) is 11.0 Å². The van der Waals surface area contributed by atoms with E-state index in [-0.39, 0.29) is 29.7 Å². The summed E-state index contributed by atoms with van der Waals surface area (Å²) in [6, 6.07) is 17.6. The molecule has 0 aliphatic carbocycles. The number of fused-ring (bicyclic) bond motifs is 6. The molecule has 0 saturated carbocycles. The number of benzene rings is 2. The number of anilines is 2. The van der Waals surface area contributed by atoms with Crippen molar-refractivity contribution >= 4 is 23.2 Å². The molecule has 3 aliphatic heterocycles. The molecule has 2 aromatic carbocycles. The summed E-state index contributed by atoms with van der Waals surface area (Å²) in [6.07, 6.45) is 2.06. The molecule has 120 valence electrons. The Morgan fingerprint density at radius 1 is 0.875 bits per heavy atom. The van der Waals surface area contributed by atoms with E-state index in [1.54, 1.807) is 0 Å². The van der Waals surface area contributed by atoms with Crippen LogP contribution in [-0.2, 0) is 9.59 Å². The van der Waals surface area contributed by atoms with Gasteiger partial charge >= 0.3 is 0 Å². The lowest BCUT2D eigenvalue weighted by atomic mass is 9.78. The predicted octanol–water partition coefficient (Wildman–Crippen LogP) is 2.94. The Labute approximate surface area is 140 Å². The quantitative estimate of drug-likeness (QED) is 0.759. The number of imide groups is 1. The lowest BCUT2D eigenvalue weighted by molar-refractivity contribution is -0.122. The summed E-state index contributed by atoms with van der Waals surface area (Å²) in [6.45, 7) is 0.970.